The first-order valence-electron chi connectivity index (χ1n) is 11.8. The van der Waals surface area contributed by atoms with Gasteiger partial charge >= 0.3 is 6.09 Å². The number of piperidine rings is 2. The molecule has 3 aromatic carbocycles. The second kappa shape index (κ2) is 7.91. The molecule has 4 nitrogen and oxygen atoms in total. The van der Waals surface area contributed by atoms with Gasteiger partial charge in [-0.2, -0.15) is 0 Å². The lowest BCUT2D eigenvalue weighted by molar-refractivity contribution is -0.0260. The van der Waals surface area contributed by atoms with Crippen LogP contribution in [0.1, 0.15) is 63.2 Å². The summed E-state index contributed by atoms with van der Waals surface area (Å²) in [4.78, 5) is 28.7. The van der Waals surface area contributed by atoms with Crippen molar-refractivity contribution in [1.29, 1.82) is 0 Å². The van der Waals surface area contributed by atoms with E-state index in [0.717, 1.165) is 53.8 Å². The highest BCUT2D eigenvalue weighted by Crippen LogP contribution is 2.40. The summed E-state index contributed by atoms with van der Waals surface area (Å²) in [7, 11) is 0. The first-order valence-corrected chi connectivity index (χ1v) is 11.8. The molecule has 4 heteroatoms. The van der Waals surface area contributed by atoms with E-state index in [2.05, 4.69) is 30.3 Å². The first kappa shape index (κ1) is 21.0. The van der Waals surface area contributed by atoms with Crippen LogP contribution in [0.15, 0.2) is 54.6 Å². The van der Waals surface area contributed by atoms with E-state index in [0.29, 0.717) is 0 Å². The molecule has 0 N–H and O–H groups in total. The summed E-state index contributed by atoms with van der Waals surface area (Å²) >= 11 is 0. The zero-order valence-corrected chi connectivity index (χ0v) is 19.1. The van der Waals surface area contributed by atoms with E-state index in [4.69, 9.17) is 4.74 Å². The van der Waals surface area contributed by atoms with Crippen LogP contribution in [-0.4, -0.2) is 34.5 Å². The van der Waals surface area contributed by atoms with Crippen molar-refractivity contribution in [2.24, 2.45) is 5.92 Å². The van der Waals surface area contributed by atoms with Gasteiger partial charge in [-0.1, -0.05) is 48.5 Å². The van der Waals surface area contributed by atoms with Crippen LogP contribution < -0.4 is 0 Å². The largest absolute Gasteiger partial charge is 0.444 e. The highest BCUT2D eigenvalue weighted by molar-refractivity contribution is 6.18. The van der Waals surface area contributed by atoms with Crippen molar-refractivity contribution in [1.82, 2.24) is 4.90 Å². The molecule has 166 valence electrons. The molecular formula is C28H31NO3. The maximum Gasteiger partial charge on any atom is 0.410 e. The van der Waals surface area contributed by atoms with Gasteiger partial charge in [0.15, 0.2) is 5.78 Å². The number of ketones is 1. The summed E-state index contributed by atoms with van der Waals surface area (Å²) in [5.74, 6) is 0.154. The van der Waals surface area contributed by atoms with Gasteiger partial charge in [-0.15, -0.1) is 0 Å². The number of hydrogen-bond donors (Lipinski definition) is 0. The summed E-state index contributed by atoms with van der Waals surface area (Å²) in [5, 5.41) is 4.42. The van der Waals surface area contributed by atoms with Crippen molar-refractivity contribution in [2.45, 2.75) is 70.6 Å². The lowest BCUT2D eigenvalue weighted by atomic mass is 9.75. The molecule has 2 aliphatic rings. The molecule has 5 rings (SSSR count). The van der Waals surface area contributed by atoms with Crippen molar-refractivity contribution in [3.63, 3.8) is 0 Å². The summed E-state index contributed by atoms with van der Waals surface area (Å²) in [6, 6.07) is 18.7. The van der Waals surface area contributed by atoms with Gasteiger partial charge in [0.25, 0.3) is 0 Å². The molecule has 0 aromatic heterocycles. The molecule has 2 atom stereocenters. The van der Waals surface area contributed by atoms with E-state index in [1.165, 1.54) is 5.39 Å². The minimum atomic E-state index is -0.512. The Balaban J connectivity index is 1.47. The number of fused-ring (bicyclic) bond motifs is 5. The fraction of sp³-hybridized carbons (Fsp3) is 0.429. The Morgan fingerprint density at radius 2 is 1.47 bits per heavy atom. The normalized spacial score (nSPS) is 23.3. The van der Waals surface area contributed by atoms with Crippen molar-refractivity contribution >= 4 is 33.4 Å². The van der Waals surface area contributed by atoms with Crippen molar-refractivity contribution in [2.75, 3.05) is 0 Å². The monoisotopic (exact) mass is 429 g/mol. The number of ether oxygens (including phenoxy) is 1. The minimum Gasteiger partial charge on any atom is -0.444 e. The Morgan fingerprint density at radius 1 is 0.875 bits per heavy atom. The third kappa shape index (κ3) is 3.76. The second-order valence-corrected chi connectivity index (χ2v) is 10.3. The van der Waals surface area contributed by atoms with E-state index in [1.54, 1.807) is 0 Å². The molecule has 0 saturated carbocycles. The van der Waals surface area contributed by atoms with E-state index in [-0.39, 0.29) is 29.9 Å². The first-order chi connectivity index (χ1) is 15.3. The molecule has 0 radical (unpaired) electrons. The zero-order chi connectivity index (χ0) is 22.5. The maximum atomic E-state index is 13.9. The Bertz CT molecular complexity index is 1180. The van der Waals surface area contributed by atoms with Crippen LogP contribution >= 0.6 is 0 Å². The summed E-state index contributed by atoms with van der Waals surface area (Å²) < 4.78 is 5.70. The molecular weight excluding hydrogens is 398 g/mol. The smallest absolute Gasteiger partial charge is 0.410 e. The predicted octanol–water partition coefficient (Wildman–Crippen LogP) is 6.74. The molecule has 2 heterocycles. The summed E-state index contributed by atoms with van der Waals surface area (Å²) in [6.07, 6.45) is 4.20. The number of benzene rings is 3. The minimum absolute atomic E-state index is 0.0615. The number of carbonyl (C=O) groups is 2. The topological polar surface area (TPSA) is 46.6 Å². The van der Waals surface area contributed by atoms with Crippen LogP contribution in [0.3, 0.4) is 0 Å². The molecule has 0 aliphatic carbocycles. The average Bonchev–Trinajstić information content (AvgIpc) is 2.76. The van der Waals surface area contributed by atoms with Crippen LogP contribution in [0.4, 0.5) is 4.79 Å². The number of nitrogens with zero attached hydrogens (tertiary/aromatic N) is 1. The van der Waals surface area contributed by atoms with Crippen LogP contribution in [0.5, 0.6) is 0 Å². The van der Waals surface area contributed by atoms with Crippen molar-refractivity contribution in [3.05, 3.63) is 60.2 Å². The number of rotatable bonds is 2. The SMILES string of the molecule is CC(C)(C)OC(=O)N1C2CCCC1CC(C(=O)c1cc3ccccc3c3ccccc13)C2. The standard InChI is InChI=1S/C28H31NO3/c1-28(2,3)32-27(31)29-20-10-8-11-21(29)16-19(15-20)26(30)25-17-18-9-4-5-12-22(18)23-13-6-7-14-24(23)25/h4-7,9,12-14,17,19-21H,8,10-11,15-16H2,1-3H3. The molecule has 2 aliphatic heterocycles. The van der Waals surface area contributed by atoms with Crippen molar-refractivity contribution in [3.8, 4) is 0 Å². The highest BCUT2D eigenvalue weighted by atomic mass is 16.6. The molecule has 2 fully saturated rings. The van der Waals surface area contributed by atoms with Gasteiger partial charge in [-0.25, -0.2) is 4.79 Å². The van der Waals surface area contributed by atoms with Gasteiger partial charge in [0.05, 0.1) is 0 Å². The van der Waals surface area contributed by atoms with Crippen LogP contribution in [0.25, 0.3) is 21.5 Å². The number of hydrogen-bond acceptors (Lipinski definition) is 3. The second-order valence-electron chi connectivity index (χ2n) is 10.3. The van der Waals surface area contributed by atoms with Gasteiger partial charge in [-0.05, 0) is 80.5 Å². The highest BCUT2D eigenvalue weighted by Gasteiger charge is 2.44. The third-order valence-electron chi connectivity index (χ3n) is 6.98. The molecule has 32 heavy (non-hydrogen) atoms. The Morgan fingerprint density at radius 3 is 2.12 bits per heavy atom. The third-order valence-corrected chi connectivity index (χ3v) is 6.98. The molecule has 0 spiro atoms. The predicted molar refractivity (Wildman–Crippen MR) is 128 cm³/mol. The van der Waals surface area contributed by atoms with Gasteiger partial charge in [0.1, 0.15) is 5.60 Å². The molecule has 3 aromatic rings. The van der Waals surface area contributed by atoms with E-state index in [9.17, 15) is 9.59 Å². The zero-order valence-electron chi connectivity index (χ0n) is 19.1. The summed E-state index contributed by atoms with van der Waals surface area (Å²) in [6.45, 7) is 5.71. The molecule has 2 saturated heterocycles. The quantitative estimate of drug-likeness (QED) is 0.335. The number of amides is 1. The number of Topliss-reactive ketones (excluding diaryl/α,β-unsaturated/α-hetero) is 1. The van der Waals surface area contributed by atoms with E-state index >= 15 is 0 Å². The van der Waals surface area contributed by atoms with Crippen LogP contribution in [0.2, 0.25) is 0 Å². The lowest BCUT2D eigenvalue weighted by Crippen LogP contribution is -2.56. The maximum absolute atomic E-state index is 13.9. The van der Waals surface area contributed by atoms with Crippen molar-refractivity contribution < 1.29 is 14.3 Å². The molecule has 2 unspecified atom stereocenters. The van der Waals surface area contributed by atoms with E-state index in [1.807, 2.05) is 49.9 Å². The molecule has 2 bridgehead atoms. The Labute approximate surface area is 189 Å². The van der Waals surface area contributed by atoms with Gasteiger partial charge in [0, 0.05) is 23.6 Å². The Hall–Kier alpha value is -2.88. The van der Waals surface area contributed by atoms with Gasteiger partial charge in [0.2, 0.25) is 0 Å². The summed E-state index contributed by atoms with van der Waals surface area (Å²) in [5.41, 5.74) is 0.301. The number of carbonyl (C=O) groups excluding carboxylic acids is 2. The van der Waals surface area contributed by atoms with Gasteiger partial charge in [-0.3, -0.25) is 4.79 Å². The lowest BCUT2D eigenvalue weighted by Gasteiger charge is -2.48. The average molecular weight is 430 g/mol. The fourth-order valence-corrected chi connectivity index (χ4v) is 5.69. The van der Waals surface area contributed by atoms with Crippen LogP contribution in [0, 0.1) is 5.92 Å². The van der Waals surface area contributed by atoms with Crippen LogP contribution in [-0.2, 0) is 4.74 Å². The van der Waals surface area contributed by atoms with E-state index < -0.39 is 5.60 Å². The van der Waals surface area contributed by atoms with Gasteiger partial charge < -0.3 is 9.64 Å². The molecule has 1 amide bonds. The Kier molecular flexibility index (Phi) is 5.19. The fourth-order valence-electron chi connectivity index (χ4n) is 5.69.